The molecule has 0 bridgehead atoms. The van der Waals surface area contributed by atoms with Crippen molar-refractivity contribution in [2.75, 3.05) is 12.0 Å². The lowest BCUT2D eigenvalue weighted by Gasteiger charge is -2.07. The van der Waals surface area contributed by atoms with Crippen LogP contribution in [-0.2, 0) is 7.05 Å². The third kappa shape index (κ3) is 2.10. The minimum atomic E-state index is 0.280. The number of rotatable bonds is 2. The van der Waals surface area contributed by atoms with Crippen molar-refractivity contribution in [1.29, 1.82) is 0 Å². The third-order valence-electron chi connectivity index (χ3n) is 2.71. The van der Waals surface area contributed by atoms with Gasteiger partial charge in [0.1, 0.15) is 11.6 Å². The molecule has 0 aliphatic carbocycles. The molecule has 1 aromatic carbocycles. The highest BCUT2D eigenvalue weighted by molar-refractivity contribution is 7.98. The number of benzene rings is 1. The summed E-state index contributed by atoms with van der Waals surface area (Å²) in [6.45, 7) is 1.88. The Hall–Kier alpha value is -1.62. The Morgan fingerprint density at radius 1 is 1.35 bits per heavy atom. The Morgan fingerprint density at radius 2 is 2.06 bits per heavy atom. The first-order valence-corrected chi connectivity index (χ1v) is 6.43. The van der Waals surface area contributed by atoms with E-state index in [9.17, 15) is 5.11 Å². The quantitative estimate of drug-likeness (QED) is 0.802. The van der Waals surface area contributed by atoms with E-state index >= 15 is 0 Å². The van der Waals surface area contributed by atoms with Crippen LogP contribution < -0.4 is 5.73 Å². The number of phenolic OH excluding ortho intramolecular Hbond substituents is 1. The number of hydrogen-bond donors (Lipinski definition) is 2. The van der Waals surface area contributed by atoms with E-state index in [0.717, 1.165) is 21.7 Å². The maximum absolute atomic E-state index is 9.78. The minimum Gasteiger partial charge on any atom is -0.508 e. The van der Waals surface area contributed by atoms with Crippen molar-refractivity contribution in [3.05, 3.63) is 23.8 Å². The molecule has 0 saturated heterocycles. The highest BCUT2D eigenvalue weighted by Crippen LogP contribution is 2.35. The second-order valence-electron chi connectivity index (χ2n) is 3.92. The number of nitrogen functional groups attached to an aromatic ring is 1. The molecule has 0 spiro atoms. The van der Waals surface area contributed by atoms with E-state index < -0.39 is 0 Å². The number of anilines is 1. The number of aryl methyl sites for hydroxylation is 2. The van der Waals surface area contributed by atoms with E-state index in [1.807, 2.05) is 25.3 Å². The molecule has 0 unspecified atom stereocenters. The van der Waals surface area contributed by atoms with Crippen LogP contribution in [0.15, 0.2) is 23.1 Å². The molecule has 1 aromatic heterocycles. The van der Waals surface area contributed by atoms with Gasteiger partial charge in [-0.2, -0.15) is 5.10 Å². The molecule has 0 aliphatic heterocycles. The van der Waals surface area contributed by atoms with E-state index in [0.29, 0.717) is 5.82 Å². The maximum atomic E-state index is 9.78. The van der Waals surface area contributed by atoms with Crippen LogP contribution in [-0.4, -0.2) is 21.1 Å². The molecule has 0 atom stereocenters. The van der Waals surface area contributed by atoms with E-state index in [1.54, 1.807) is 29.6 Å². The number of aromatic nitrogens is 2. The molecule has 3 N–H and O–H groups in total. The van der Waals surface area contributed by atoms with Gasteiger partial charge in [-0.3, -0.25) is 4.68 Å². The standard InChI is InChI=1S/C12H15N3OS/c1-7-4-11(17-3)8(5-10(7)16)9-6-12(13)15(2)14-9/h4-6,16H,13H2,1-3H3. The number of nitrogens with two attached hydrogens (primary N) is 1. The maximum Gasteiger partial charge on any atom is 0.121 e. The zero-order valence-electron chi connectivity index (χ0n) is 10.1. The Balaban J connectivity index is 2.61. The van der Waals surface area contributed by atoms with E-state index in [2.05, 4.69) is 5.10 Å². The van der Waals surface area contributed by atoms with Gasteiger partial charge in [0.05, 0.1) is 5.69 Å². The van der Waals surface area contributed by atoms with Crippen molar-refractivity contribution >= 4 is 17.6 Å². The Bertz CT molecular complexity index is 544. The van der Waals surface area contributed by atoms with E-state index in [4.69, 9.17) is 5.73 Å². The molecular weight excluding hydrogens is 234 g/mol. The van der Waals surface area contributed by atoms with Crippen LogP contribution >= 0.6 is 11.8 Å². The smallest absolute Gasteiger partial charge is 0.121 e. The number of hydrogen-bond acceptors (Lipinski definition) is 4. The van der Waals surface area contributed by atoms with Gasteiger partial charge in [0.2, 0.25) is 0 Å². The molecule has 0 radical (unpaired) electrons. The summed E-state index contributed by atoms with van der Waals surface area (Å²) in [7, 11) is 1.80. The second kappa shape index (κ2) is 4.33. The number of nitrogens with zero attached hydrogens (tertiary/aromatic N) is 2. The van der Waals surface area contributed by atoms with Gasteiger partial charge in [0, 0.05) is 23.6 Å². The van der Waals surface area contributed by atoms with E-state index in [-0.39, 0.29) is 5.75 Å². The number of aromatic hydroxyl groups is 1. The van der Waals surface area contributed by atoms with Crippen molar-refractivity contribution in [2.24, 2.45) is 7.05 Å². The Kier molecular flexibility index (Phi) is 3.02. The molecule has 0 amide bonds. The predicted molar refractivity (Wildman–Crippen MR) is 71.2 cm³/mol. The van der Waals surface area contributed by atoms with Crippen LogP contribution in [0.1, 0.15) is 5.56 Å². The molecule has 0 aliphatic rings. The predicted octanol–water partition coefficient (Wildman–Crippen LogP) is 2.41. The summed E-state index contributed by atoms with van der Waals surface area (Å²) in [4.78, 5) is 1.08. The molecule has 0 saturated carbocycles. The van der Waals surface area contributed by atoms with Crippen LogP contribution in [0.5, 0.6) is 5.75 Å². The summed E-state index contributed by atoms with van der Waals surface area (Å²) in [6, 6.07) is 5.51. The van der Waals surface area contributed by atoms with Gasteiger partial charge in [-0.15, -0.1) is 11.8 Å². The molecule has 2 rings (SSSR count). The summed E-state index contributed by atoms with van der Waals surface area (Å²) in [6.07, 6.45) is 2.00. The first kappa shape index (κ1) is 11.9. The normalized spacial score (nSPS) is 10.8. The number of phenols is 1. The van der Waals surface area contributed by atoms with Gasteiger partial charge in [-0.1, -0.05) is 0 Å². The summed E-state index contributed by atoms with van der Waals surface area (Å²) in [5.41, 5.74) is 8.32. The largest absolute Gasteiger partial charge is 0.508 e. The zero-order chi connectivity index (χ0) is 12.6. The summed E-state index contributed by atoms with van der Waals surface area (Å²) in [5.74, 6) is 0.883. The molecule has 0 fully saturated rings. The molecular formula is C12H15N3OS. The Labute approximate surface area is 104 Å². The van der Waals surface area contributed by atoms with Gasteiger partial charge in [0.15, 0.2) is 0 Å². The average molecular weight is 249 g/mol. The minimum absolute atomic E-state index is 0.280. The fraction of sp³-hybridized carbons (Fsp3) is 0.250. The zero-order valence-corrected chi connectivity index (χ0v) is 10.9. The van der Waals surface area contributed by atoms with Gasteiger partial charge in [-0.05, 0) is 30.9 Å². The monoisotopic (exact) mass is 249 g/mol. The van der Waals surface area contributed by atoms with Crippen molar-refractivity contribution < 1.29 is 5.11 Å². The van der Waals surface area contributed by atoms with Crippen molar-refractivity contribution in [2.45, 2.75) is 11.8 Å². The number of thioether (sulfide) groups is 1. The van der Waals surface area contributed by atoms with Gasteiger partial charge < -0.3 is 10.8 Å². The molecule has 1 heterocycles. The van der Waals surface area contributed by atoms with Crippen LogP contribution in [0.25, 0.3) is 11.3 Å². The summed E-state index contributed by atoms with van der Waals surface area (Å²) < 4.78 is 1.62. The summed E-state index contributed by atoms with van der Waals surface area (Å²) in [5, 5.41) is 14.1. The fourth-order valence-corrected chi connectivity index (χ4v) is 2.33. The van der Waals surface area contributed by atoms with Gasteiger partial charge in [0.25, 0.3) is 0 Å². The van der Waals surface area contributed by atoms with Crippen molar-refractivity contribution in [3.8, 4) is 17.0 Å². The Morgan fingerprint density at radius 3 is 2.59 bits per heavy atom. The lowest BCUT2D eigenvalue weighted by Crippen LogP contribution is -1.96. The van der Waals surface area contributed by atoms with Crippen molar-refractivity contribution in [3.63, 3.8) is 0 Å². The van der Waals surface area contributed by atoms with Crippen LogP contribution in [0.3, 0.4) is 0 Å². The highest BCUT2D eigenvalue weighted by atomic mass is 32.2. The fourth-order valence-electron chi connectivity index (χ4n) is 1.65. The van der Waals surface area contributed by atoms with Gasteiger partial charge in [-0.25, -0.2) is 0 Å². The lowest BCUT2D eigenvalue weighted by atomic mass is 10.1. The summed E-state index contributed by atoms with van der Waals surface area (Å²) >= 11 is 1.63. The average Bonchev–Trinajstić information content (AvgIpc) is 2.62. The first-order chi connectivity index (χ1) is 8.02. The topological polar surface area (TPSA) is 64.1 Å². The molecule has 2 aromatic rings. The molecule has 5 heteroatoms. The van der Waals surface area contributed by atoms with Crippen LogP contribution in [0.2, 0.25) is 0 Å². The SMILES string of the molecule is CSc1cc(C)c(O)cc1-c1cc(N)n(C)n1. The van der Waals surface area contributed by atoms with Crippen molar-refractivity contribution in [1.82, 2.24) is 9.78 Å². The third-order valence-corrected chi connectivity index (χ3v) is 3.49. The van der Waals surface area contributed by atoms with Gasteiger partial charge >= 0.3 is 0 Å². The van der Waals surface area contributed by atoms with Crippen LogP contribution in [0.4, 0.5) is 5.82 Å². The van der Waals surface area contributed by atoms with Crippen LogP contribution in [0, 0.1) is 6.92 Å². The lowest BCUT2D eigenvalue weighted by molar-refractivity contribution is 0.471. The molecule has 17 heavy (non-hydrogen) atoms. The van der Waals surface area contributed by atoms with E-state index in [1.165, 1.54) is 0 Å². The molecule has 90 valence electrons. The highest BCUT2D eigenvalue weighted by Gasteiger charge is 2.12. The second-order valence-corrected chi connectivity index (χ2v) is 4.77. The molecule has 4 nitrogen and oxygen atoms in total. The first-order valence-electron chi connectivity index (χ1n) is 5.20.